The largest absolute Gasteiger partial charge is 0.748 e. The molecule has 5 heteroatoms. The van der Waals surface area contributed by atoms with Gasteiger partial charge in [0.05, 0.1) is 15.9 Å². The molecule has 0 amide bonds. The Bertz CT molecular complexity index is 257. The van der Waals surface area contributed by atoms with E-state index in [1.54, 1.807) is 0 Å². The van der Waals surface area contributed by atoms with Crippen LogP contribution in [0.1, 0.15) is 32.1 Å². The van der Waals surface area contributed by atoms with Crippen molar-refractivity contribution in [3.05, 3.63) is 0 Å². The van der Waals surface area contributed by atoms with E-state index in [0.717, 1.165) is 12.8 Å². The van der Waals surface area contributed by atoms with Gasteiger partial charge in [-0.05, 0) is 19.9 Å². The van der Waals surface area contributed by atoms with Crippen LogP contribution >= 0.6 is 0 Å². The lowest BCUT2D eigenvalue weighted by Crippen LogP contribution is -2.36. The van der Waals surface area contributed by atoms with Gasteiger partial charge in [-0.25, -0.2) is 8.42 Å². The van der Waals surface area contributed by atoms with E-state index in [9.17, 15) is 13.0 Å². The highest BCUT2D eigenvalue weighted by molar-refractivity contribution is 7.85. The van der Waals surface area contributed by atoms with E-state index in [0.29, 0.717) is 12.6 Å². The Morgan fingerprint density at radius 1 is 1.29 bits per heavy atom. The Kier molecular flexibility index (Phi) is 4.34. The molecular weight excluding hydrogens is 202 g/mol. The Morgan fingerprint density at radius 3 is 2.36 bits per heavy atom. The molecular formula is C9H18NO3S-. The maximum Gasteiger partial charge on any atom is 0.0958 e. The van der Waals surface area contributed by atoms with Crippen LogP contribution in [-0.4, -0.2) is 43.3 Å². The molecule has 0 aromatic rings. The van der Waals surface area contributed by atoms with Crippen LogP contribution < -0.4 is 0 Å². The second-order valence-electron chi connectivity index (χ2n) is 4.03. The molecule has 0 radical (unpaired) electrons. The van der Waals surface area contributed by atoms with Crippen LogP contribution in [0.5, 0.6) is 0 Å². The molecule has 0 unspecified atom stereocenters. The van der Waals surface area contributed by atoms with Gasteiger partial charge in [0.1, 0.15) is 0 Å². The summed E-state index contributed by atoms with van der Waals surface area (Å²) in [7, 11) is -2.15. The van der Waals surface area contributed by atoms with Crippen LogP contribution in [0.25, 0.3) is 0 Å². The summed E-state index contributed by atoms with van der Waals surface area (Å²) < 4.78 is 31.3. The molecule has 0 saturated heterocycles. The predicted octanol–water partition coefficient (Wildman–Crippen LogP) is 0.796. The van der Waals surface area contributed by atoms with E-state index < -0.39 is 10.1 Å². The van der Waals surface area contributed by atoms with Crippen LogP contribution in [0.15, 0.2) is 0 Å². The van der Waals surface area contributed by atoms with Crippen molar-refractivity contribution in [2.75, 3.05) is 19.3 Å². The zero-order valence-corrected chi connectivity index (χ0v) is 9.42. The Hall–Kier alpha value is -0.130. The van der Waals surface area contributed by atoms with Crippen molar-refractivity contribution in [2.45, 2.75) is 38.1 Å². The molecule has 1 aliphatic rings. The zero-order valence-electron chi connectivity index (χ0n) is 8.61. The zero-order chi connectivity index (χ0) is 10.6. The second-order valence-corrected chi connectivity index (χ2v) is 5.56. The highest BCUT2D eigenvalue weighted by Gasteiger charge is 2.17. The Labute approximate surface area is 86.0 Å². The number of nitrogens with zero attached hydrogens (tertiary/aromatic N) is 1. The lowest BCUT2D eigenvalue weighted by Gasteiger charge is -2.31. The van der Waals surface area contributed by atoms with Crippen LogP contribution in [-0.2, 0) is 10.1 Å². The molecule has 0 N–H and O–H groups in total. The average molecular weight is 220 g/mol. The Balaban J connectivity index is 2.30. The second kappa shape index (κ2) is 5.09. The molecule has 1 rings (SSSR count). The summed E-state index contributed by atoms with van der Waals surface area (Å²) in [5, 5.41) is 0. The summed E-state index contributed by atoms with van der Waals surface area (Å²) in [5.41, 5.74) is 0. The lowest BCUT2D eigenvalue weighted by molar-refractivity contribution is 0.200. The summed E-state index contributed by atoms with van der Waals surface area (Å²) >= 11 is 0. The lowest BCUT2D eigenvalue weighted by atomic mass is 9.94. The minimum absolute atomic E-state index is 0.264. The van der Waals surface area contributed by atoms with Gasteiger partial charge in [0.15, 0.2) is 0 Å². The van der Waals surface area contributed by atoms with Gasteiger partial charge in [0.2, 0.25) is 0 Å². The van der Waals surface area contributed by atoms with Gasteiger partial charge >= 0.3 is 0 Å². The molecule has 1 saturated carbocycles. The fourth-order valence-electron chi connectivity index (χ4n) is 1.96. The van der Waals surface area contributed by atoms with Gasteiger partial charge in [0.25, 0.3) is 0 Å². The molecule has 84 valence electrons. The number of rotatable bonds is 4. The van der Waals surface area contributed by atoms with Gasteiger partial charge in [-0.2, -0.15) is 0 Å². The molecule has 0 bridgehead atoms. The highest BCUT2D eigenvalue weighted by atomic mass is 32.2. The standard InChI is InChI=1S/C9H19NO3S/c1-10(7-8-14(11,12)13)9-5-3-2-4-6-9/h9H,2-8H2,1H3,(H,11,12,13)/p-1. The predicted molar refractivity (Wildman–Crippen MR) is 54.1 cm³/mol. The summed E-state index contributed by atoms with van der Waals surface area (Å²) in [5.74, 6) is -0.264. The first-order valence-electron chi connectivity index (χ1n) is 5.13. The van der Waals surface area contributed by atoms with Crippen molar-refractivity contribution in [1.82, 2.24) is 4.90 Å². The van der Waals surface area contributed by atoms with Gasteiger partial charge in [-0.1, -0.05) is 19.3 Å². The van der Waals surface area contributed by atoms with Crippen molar-refractivity contribution in [3.63, 3.8) is 0 Å². The summed E-state index contributed by atoms with van der Waals surface area (Å²) in [6, 6.07) is 0.477. The van der Waals surface area contributed by atoms with Crippen molar-refractivity contribution in [1.29, 1.82) is 0 Å². The van der Waals surface area contributed by atoms with Crippen molar-refractivity contribution in [2.24, 2.45) is 0 Å². The molecule has 1 fully saturated rings. The first-order valence-corrected chi connectivity index (χ1v) is 6.70. The molecule has 0 aliphatic heterocycles. The molecule has 0 aromatic carbocycles. The van der Waals surface area contributed by atoms with Crippen LogP contribution in [0.2, 0.25) is 0 Å². The summed E-state index contributed by atoms with van der Waals surface area (Å²) in [6.45, 7) is 0.372. The maximum absolute atomic E-state index is 10.4. The molecule has 4 nitrogen and oxygen atoms in total. The normalized spacial score (nSPS) is 20.2. The minimum Gasteiger partial charge on any atom is -0.748 e. The molecule has 0 aromatic heterocycles. The third kappa shape index (κ3) is 4.39. The summed E-state index contributed by atoms with van der Waals surface area (Å²) in [4.78, 5) is 2.01. The monoisotopic (exact) mass is 220 g/mol. The Morgan fingerprint density at radius 2 is 1.86 bits per heavy atom. The third-order valence-corrected chi connectivity index (χ3v) is 3.57. The molecule has 0 spiro atoms. The smallest absolute Gasteiger partial charge is 0.0958 e. The quantitative estimate of drug-likeness (QED) is 0.657. The maximum atomic E-state index is 10.4. The van der Waals surface area contributed by atoms with Crippen molar-refractivity contribution < 1.29 is 13.0 Å². The van der Waals surface area contributed by atoms with Gasteiger partial charge in [0, 0.05) is 12.6 Å². The van der Waals surface area contributed by atoms with Crippen LogP contribution in [0.3, 0.4) is 0 Å². The molecule has 14 heavy (non-hydrogen) atoms. The average Bonchev–Trinajstić information content (AvgIpc) is 2.14. The fourth-order valence-corrected chi connectivity index (χ4v) is 2.47. The van der Waals surface area contributed by atoms with E-state index in [2.05, 4.69) is 0 Å². The van der Waals surface area contributed by atoms with Crippen molar-refractivity contribution >= 4 is 10.1 Å². The molecule has 1 aliphatic carbocycles. The van der Waals surface area contributed by atoms with E-state index in [4.69, 9.17) is 0 Å². The highest BCUT2D eigenvalue weighted by Crippen LogP contribution is 2.21. The number of hydrogen-bond donors (Lipinski definition) is 0. The van der Waals surface area contributed by atoms with Gasteiger partial charge < -0.3 is 9.45 Å². The topological polar surface area (TPSA) is 60.4 Å². The van der Waals surface area contributed by atoms with E-state index >= 15 is 0 Å². The number of hydrogen-bond acceptors (Lipinski definition) is 4. The third-order valence-electron chi connectivity index (χ3n) is 2.89. The van der Waals surface area contributed by atoms with Gasteiger partial charge in [-0.15, -0.1) is 0 Å². The summed E-state index contributed by atoms with van der Waals surface area (Å²) in [6.07, 6.45) is 5.99. The fraction of sp³-hybridized carbons (Fsp3) is 1.00. The van der Waals surface area contributed by atoms with Gasteiger partial charge in [-0.3, -0.25) is 0 Å². The first-order chi connectivity index (χ1) is 6.49. The van der Waals surface area contributed by atoms with E-state index in [-0.39, 0.29) is 5.75 Å². The molecule has 0 atom stereocenters. The molecule has 0 heterocycles. The minimum atomic E-state index is -4.05. The van der Waals surface area contributed by atoms with E-state index in [1.807, 2.05) is 11.9 Å². The van der Waals surface area contributed by atoms with Crippen molar-refractivity contribution in [3.8, 4) is 0 Å². The van der Waals surface area contributed by atoms with Crippen LogP contribution in [0.4, 0.5) is 0 Å². The SMILES string of the molecule is CN(CCS(=O)(=O)[O-])C1CCCCC1. The van der Waals surface area contributed by atoms with Crippen LogP contribution in [0, 0.1) is 0 Å². The first kappa shape index (κ1) is 11.9. The van der Waals surface area contributed by atoms with E-state index in [1.165, 1.54) is 19.3 Å².